The molecule has 2 aromatic carbocycles. The summed E-state index contributed by atoms with van der Waals surface area (Å²) in [6.07, 6.45) is 2.03. The van der Waals surface area contributed by atoms with Gasteiger partial charge in [0.1, 0.15) is 0 Å². The second-order valence-corrected chi connectivity index (χ2v) is 6.59. The second kappa shape index (κ2) is 8.74. The number of carbonyl (C=O) groups excluding carboxylic acids is 1. The van der Waals surface area contributed by atoms with Gasteiger partial charge in [0.2, 0.25) is 0 Å². The number of hydrogen-bond acceptors (Lipinski definition) is 1. The minimum absolute atomic E-state index is 0.0645. The van der Waals surface area contributed by atoms with Crippen molar-refractivity contribution >= 4 is 23.3 Å². The Morgan fingerprint density at radius 3 is 2.46 bits per heavy atom. The first-order valence-electron chi connectivity index (χ1n) is 8.37. The number of amides is 2. The number of hydrogen-bond donors (Lipinski definition) is 1. The Bertz CT molecular complexity index is 683. The molecular formula is C20H25ClN2O. The van der Waals surface area contributed by atoms with Crippen LogP contribution < -0.4 is 5.32 Å². The monoisotopic (exact) mass is 344 g/mol. The summed E-state index contributed by atoms with van der Waals surface area (Å²) in [5.41, 5.74) is 4.20. The summed E-state index contributed by atoms with van der Waals surface area (Å²) >= 11 is 5.94. The molecule has 2 amide bonds. The zero-order chi connectivity index (χ0) is 17.5. The number of rotatable bonds is 6. The first kappa shape index (κ1) is 18.3. The molecule has 0 saturated carbocycles. The Kier molecular flexibility index (Phi) is 6.68. The van der Waals surface area contributed by atoms with E-state index in [1.54, 1.807) is 0 Å². The van der Waals surface area contributed by atoms with Crippen molar-refractivity contribution in [3.05, 3.63) is 64.2 Å². The molecule has 0 fully saturated rings. The molecule has 0 aliphatic rings. The zero-order valence-electron chi connectivity index (χ0n) is 14.6. The van der Waals surface area contributed by atoms with Gasteiger partial charge in [-0.15, -0.1) is 0 Å². The number of aryl methyl sites for hydroxylation is 2. The highest BCUT2D eigenvalue weighted by Crippen LogP contribution is 2.18. The molecule has 2 aromatic rings. The molecule has 0 aromatic heterocycles. The molecule has 0 unspecified atom stereocenters. The first-order chi connectivity index (χ1) is 11.5. The summed E-state index contributed by atoms with van der Waals surface area (Å²) in [6.45, 7) is 7.50. The summed E-state index contributed by atoms with van der Waals surface area (Å²) in [5.74, 6) is 0. The fourth-order valence-corrected chi connectivity index (χ4v) is 2.69. The number of urea groups is 1. The number of nitrogens with zero attached hydrogens (tertiary/aromatic N) is 1. The van der Waals surface area contributed by atoms with Gasteiger partial charge >= 0.3 is 6.03 Å². The van der Waals surface area contributed by atoms with Gasteiger partial charge in [-0.3, -0.25) is 0 Å². The van der Waals surface area contributed by atoms with Crippen molar-refractivity contribution in [3.63, 3.8) is 0 Å². The van der Waals surface area contributed by atoms with E-state index >= 15 is 0 Å². The summed E-state index contributed by atoms with van der Waals surface area (Å²) in [6, 6.07) is 13.6. The Labute approximate surface area is 149 Å². The highest BCUT2D eigenvalue weighted by Gasteiger charge is 2.14. The van der Waals surface area contributed by atoms with Crippen molar-refractivity contribution < 1.29 is 4.79 Å². The van der Waals surface area contributed by atoms with Crippen molar-refractivity contribution in [1.29, 1.82) is 0 Å². The summed E-state index contributed by atoms with van der Waals surface area (Å²) in [5, 5.41) is 3.75. The van der Waals surface area contributed by atoms with Gasteiger partial charge < -0.3 is 10.2 Å². The van der Waals surface area contributed by atoms with E-state index < -0.39 is 0 Å². The fraction of sp³-hybridized carbons (Fsp3) is 0.350. The predicted molar refractivity (Wildman–Crippen MR) is 102 cm³/mol. The standard InChI is InChI=1S/C20H25ClN2O/c1-4-5-12-23(14-17-7-9-18(21)10-8-17)20(24)22-19-11-6-15(2)13-16(19)3/h6-11,13H,4-5,12,14H2,1-3H3,(H,22,24). The van der Waals surface area contributed by atoms with Crippen LogP contribution in [0.2, 0.25) is 5.02 Å². The van der Waals surface area contributed by atoms with Crippen LogP contribution in [0.25, 0.3) is 0 Å². The average Bonchev–Trinajstić information content (AvgIpc) is 2.55. The van der Waals surface area contributed by atoms with Gasteiger partial charge in [-0.25, -0.2) is 4.79 Å². The molecule has 1 N–H and O–H groups in total. The number of unbranched alkanes of at least 4 members (excludes halogenated alkanes) is 1. The van der Waals surface area contributed by atoms with E-state index in [4.69, 9.17) is 11.6 Å². The van der Waals surface area contributed by atoms with Gasteiger partial charge in [-0.1, -0.05) is 54.8 Å². The quantitative estimate of drug-likeness (QED) is 0.706. The topological polar surface area (TPSA) is 32.3 Å². The SMILES string of the molecule is CCCCN(Cc1ccc(Cl)cc1)C(=O)Nc1ccc(C)cc1C. The number of anilines is 1. The molecule has 0 aliphatic heterocycles. The van der Waals surface area contributed by atoms with Gasteiger partial charge in [0, 0.05) is 23.8 Å². The van der Waals surface area contributed by atoms with Gasteiger partial charge in [0.25, 0.3) is 0 Å². The summed E-state index contributed by atoms with van der Waals surface area (Å²) in [4.78, 5) is 14.6. The molecule has 4 heteroatoms. The van der Waals surface area contributed by atoms with E-state index in [0.717, 1.165) is 36.2 Å². The number of halogens is 1. The summed E-state index contributed by atoms with van der Waals surface area (Å²) < 4.78 is 0. The van der Waals surface area contributed by atoms with E-state index in [0.29, 0.717) is 11.6 Å². The van der Waals surface area contributed by atoms with Crippen LogP contribution in [0, 0.1) is 13.8 Å². The normalized spacial score (nSPS) is 10.5. The van der Waals surface area contributed by atoms with Crippen LogP contribution >= 0.6 is 11.6 Å². The highest BCUT2D eigenvalue weighted by atomic mass is 35.5. The van der Waals surface area contributed by atoms with Gasteiger partial charge in [0.05, 0.1) is 0 Å². The molecule has 0 spiro atoms. The predicted octanol–water partition coefficient (Wildman–Crippen LogP) is 5.79. The lowest BCUT2D eigenvalue weighted by atomic mass is 10.1. The Hall–Kier alpha value is -2.00. The Balaban J connectivity index is 2.10. The molecular weight excluding hydrogens is 320 g/mol. The Morgan fingerprint density at radius 1 is 1.12 bits per heavy atom. The lowest BCUT2D eigenvalue weighted by molar-refractivity contribution is 0.208. The lowest BCUT2D eigenvalue weighted by Gasteiger charge is -2.24. The van der Waals surface area contributed by atoms with Crippen molar-refractivity contribution in [3.8, 4) is 0 Å². The fourth-order valence-electron chi connectivity index (χ4n) is 2.56. The first-order valence-corrected chi connectivity index (χ1v) is 8.75. The summed E-state index contributed by atoms with van der Waals surface area (Å²) in [7, 11) is 0. The third kappa shape index (κ3) is 5.27. The van der Waals surface area contributed by atoms with Crippen molar-refractivity contribution in [2.24, 2.45) is 0 Å². The number of carbonyl (C=O) groups is 1. The lowest BCUT2D eigenvalue weighted by Crippen LogP contribution is -2.35. The van der Waals surface area contributed by atoms with E-state index in [-0.39, 0.29) is 6.03 Å². The van der Waals surface area contributed by atoms with Crippen LogP contribution in [-0.2, 0) is 6.54 Å². The second-order valence-electron chi connectivity index (χ2n) is 6.15. The van der Waals surface area contributed by atoms with Crippen molar-refractivity contribution in [2.45, 2.75) is 40.2 Å². The van der Waals surface area contributed by atoms with E-state index in [1.165, 1.54) is 5.56 Å². The average molecular weight is 345 g/mol. The third-order valence-electron chi connectivity index (χ3n) is 3.98. The molecule has 3 nitrogen and oxygen atoms in total. The molecule has 24 heavy (non-hydrogen) atoms. The van der Waals surface area contributed by atoms with Gasteiger partial charge in [-0.05, 0) is 49.6 Å². The number of benzene rings is 2. The number of nitrogens with one attached hydrogen (secondary N) is 1. The van der Waals surface area contributed by atoms with Crippen LogP contribution in [0.3, 0.4) is 0 Å². The van der Waals surface area contributed by atoms with Crippen LogP contribution in [0.4, 0.5) is 10.5 Å². The van der Waals surface area contributed by atoms with E-state index in [2.05, 4.69) is 18.3 Å². The largest absolute Gasteiger partial charge is 0.322 e. The third-order valence-corrected chi connectivity index (χ3v) is 4.23. The highest BCUT2D eigenvalue weighted by molar-refractivity contribution is 6.30. The smallest absolute Gasteiger partial charge is 0.320 e. The van der Waals surface area contributed by atoms with E-state index in [1.807, 2.05) is 55.1 Å². The van der Waals surface area contributed by atoms with Crippen LogP contribution in [0.1, 0.15) is 36.5 Å². The van der Waals surface area contributed by atoms with Crippen LogP contribution in [-0.4, -0.2) is 17.5 Å². The molecule has 2 rings (SSSR count). The molecule has 128 valence electrons. The molecule has 0 bridgehead atoms. The van der Waals surface area contributed by atoms with E-state index in [9.17, 15) is 4.79 Å². The van der Waals surface area contributed by atoms with Gasteiger partial charge in [0.15, 0.2) is 0 Å². The maximum atomic E-state index is 12.7. The molecule has 0 radical (unpaired) electrons. The maximum Gasteiger partial charge on any atom is 0.322 e. The molecule has 0 heterocycles. The Morgan fingerprint density at radius 2 is 1.83 bits per heavy atom. The van der Waals surface area contributed by atoms with Crippen molar-refractivity contribution in [2.75, 3.05) is 11.9 Å². The van der Waals surface area contributed by atoms with Crippen molar-refractivity contribution in [1.82, 2.24) is 4.90 Å². The minimum Gasteiger partial charge on any atom is -0.320 e. The van der Waals surface area contributed by atoms with Gasteiger partial charge in [-0.2, -0.15) is 0 Å². The van der Waals surface area contributed by atoms with Crippen LogP contribution in [0.15, 0.2) is 42.5 Å². The zero-order valence-corrected chi connectivity index (χ0v) is 15.4. The molecule has 0 aliphatic carbocycles. The maximum absolute atomic E-state index is 12.7. The minimum atomic E-state index is -0.0645. The molecule has 0 atom stereocenters. The van der Waals surface area contributed by atoms with Crippen LogP contribution in [0.5, 0.6) is 0 Å². The molecule has 0 saturated heterocycles.